The van der Waals surface area contributed by atoms with Gasteiger partial charge in [-0.1, -0.05) is 24.6 Å². The first-order valence-electron chi connectivity index (χ1n) is 6.24. The summed E-state index contributed by atoms with van der Waals surface area (Å²) >= 11 is 0. The highest BCUT2D eigenvalue weighted by atomic mass is 16.5. The summed E-state index contributed by atoms with van der Waals surface area (Å²) in [6, 6.07) is 9.05. The quantitative estimate of drug-likeness (QED) is 0.794. The van der Waals surface area contributed by atoms with Gasteiger partial charge in [-0.2, -0.15) is 0 Å². The average molecular weight is 219 g/mol. The number of nitrogens with one attached hydrogen (secondary N) is 1. The Balaban J connectivity index is 1.82. The molecule has 1 saturated carbocycles. The maximum absolute atomic E-state index is 5.93. The molecule has 0 aliphatic heterocycles. The molecule has 1 aromatic carbocycles. The second-order valence-electron chi connectivity index (χ2n) is 4.64. The summed E-state index contributed by atoms with van der Waals surface area (Å²) in [6.07, 6.45) is 4.01. The van der Waals surface area contributed by atoms with E-state index in [0.717, 1.165) is 24.8 Å². The van der Waals surface area contributed by atoms with E-state index in [-0.39, 0.29) is 0 Å². The van der Waals surface area contributed by atoms with Gasteiger partial charge in [0.25, 0.3) is 0 Å². The van der Waals surface area contributed by atoms with E-state index in [4.69, 9.17) is 4.74 Å². The highest BCUT2D eigenvalue weighted by Crippen LogP contribution is 2.19. The first-order chi connectivity index (χ1) is 7.78. The summed E-state index contributed by atoms with van der Waals surface area (Å²) in [4.78, 5) is 0. The van der Waals surface area contributed by atoms with Gasteiger partial charge >= 0.3 is 0 Å². The molecule has 1 atom stereocenters. The first-order valence-corrected chi connectivity index (χ1v) is 6.24. The first kappa shape index (κ1) is 11.5. The van der Waals surface area contributed by atoms with Crippen LogP contribution in [0.15, 0.2) is 24.3 Å². The molecule has 2 heteroatoms. The lowest BCUT2D eigenvalue weighted by atomic mass is 10.2. The van der Waals surface area contributed by atoms with E-state index in [1.54, 1.807) is 0 Å². The van der Waals surface area contributed by atoms with Gasteiger partial charge in [-0.15, -0.1) is 0 Å². The maximum atomic E-state index is 5.93. The molecule has 88 valence electrons. The molecule has 0 spiro atoms. The SMILES string of the molecule is CCC(CNC1CC1)Oc1ccc(C)cc1. The van der Waals surface area contributed by atoms with Crippen molar-refractivity contribution in [3.8, 4) is 5.75 Å². The zero-order chi connectivity index (χ0) is 11.4. The predicted octanol–water partition coefficient (Wildman–Crippen LogP) is 2.90. The Kier molecular flexibility index (Phi) is 3.83. The smallest absolute Gasteiger partial charge is 0.119 e. The minimum atomic E-state index is 0.295. The van der Waals surface area contributed by atoms with Crippen LogP contribution in [-0.4, -0.2) is 18.7 Å². The van der Waals surface area contributed by atoms with E-state index >= 15 is 0 Å². The molecule has 2 nitrogen and oxygen atoms in total. The molecule has 1 N–H and O–H groups in total. The fourth-order valence-electron chi connectivity index (χ4n) is 1.66. The largest absolute Gasteiger partial charge is 0.489 e. The van der Waals surface area contributed by atoms with E-state index in [9.17, 15) is 0 Å². The zero-order valence-electron chi connectivity index (χ0n) is 10.2. The van der Waals surface area contributed by atoms with E-state index < -0.39 is 0 Å². The minimum absolute atomic E-state index is 0.295. The third kappa shape index (κ3) is 3.53. The van der Waals surface area contributed by atoms with Gasteiger partial charge in [0.05, 0.1) is 0 Å². The number of hydrogen-bond donors (Lipinski definition) is 1. The van der Waals surface area contributed by atoms with Gasteiger partial charge in [-0.3, -0.25) is 0 Å². The lowest BCUT2D eigenvalue weighted by Crippen LogP contribution is -2.32. The molecule has 0 aromatic heterocycles. The molecular formula is C14H21NO. The van der Waals surface area contributed by atoms with Gasteiger partial charge in [-0.25, -0.2) is 0 Å². The van der Waals surface area contributed by atoms with Crippen LogP contribution in [0.4, 0.5) is 0 Å². The molecule has 1 aromatic rings. The van der Waals surface area contributed by atoms with E-state index in [1.165, 1.54) is 18.4 Å². The molecule has 0 bridgehead atoms. The van der Waals surface area contributed by atoms with Crippen molar-refractivity contribution in [2.75, 3.05) is 6.54 Å². The minimum Gasteiger partial charge on any atom is -0.489 e. The number of benzene rings is 1. The van der Waals surface area contributed by atoms with Crippen molar-refractivity contribution in [2.45, 2.75) is 45.3 Å². The second kappa shape index (κ2) is 5.35. The Hall–Kier alpha value is -1.02. The van der Waals surface area contributed by atoms with Crippen LogP contribution in [0.1, 0.15) is 31.7 Å². The number of ether oxygens (including phenoxy) is 1. The number of rotatable bonds is 6. The van der Waals surface area contributed by atoms with E-state index in [1.807, 2.05) is 0 Å². The Bertz CT molecular complexity index is 316. The topological polar surface area (TPSA) is 21.3 Å². The van der Waals surface area contributed by atoms with Crippen LogP contribution in [0.3, 0.4) is 0 Å². The van der Waals surface area contributed by atoms with E-state index in [2.05, 4.69) is 43.4 Å². The summed E-state index contributed by atoms with van der Waals surface area (Å²) in [7, 11) is 0. The highest BCUT2D eigenvalue weighted by molar-refractivity contribution is 5.26. The van der Waals surface area contributed by atoms with Gasteiger partial charge in [0.15, 0.2) is 0 Å². The number of aryl methyl sites for hydroxylation is 1. The normalized spacial score (nSPS) is 17.1. The summed E-state index contributed by atoms with van der Waals surface area (Å²) in [5, 5.41) is 3.51. The lowest BCUT2D eigenvalue weighted by molar-refractivity contribution is 0.193. The molecule has 16 heavy (non-hydrogen) atoms. The average Bonchev–Trinajstić information content (AvgIpc) is 3.11. The van der Waals surface area contributed by atoms with Crippen molar-refractivity contribution in [3.63, 3.8) is 0 Å². The summed E-state index contributed by atoms with van der Waals surface area (Å²) in [5.74, 6) is 0.982. The maximum Gasteiger partial charge on any atom is 0.119 e. The lowest BCUT2D eigenvalue weighted by Gasteiger charge is -2.18. The van der Waals surface area contributed by atoms with Crippen LogP contribution >= 0.6 is 0 Å². The molecule has 0 heterocycles. The van der Waals surface area contributed by atoms with Crippen molar-refractivity contribution in [1.29, 1.82) is 0 Å². The van der Waals surface area contributed by atoms with Crippen molar-refractivity contribution in [2.24, 2.45) is 0 Å². The molecule has 1 aliphatic carbocycles. The van der Waals surface area contributed by atoms with Crippen molar-refractivity contribution in [1.82, 2.24) is 5.32 Å². The van der Waals surface area contributed by atoms with Crippen LogP contribution in [0.25, 0.3) is 0 Å². The van der Waals surface area contributed by atoms with Crippen LogP contribution in [0.2, 0.25) is 0 Å². The molecule has 1 unspecified atom stereocenters. The summed E-state index contributed by atoms with van der Waals surface area (Å²) in [6.45, 7) is 5.23. The van der Waals surface area contributed by atoms with Crippen LogP contribution < -0.4 is 10.1 Å². The zero-order valence-corrected chi connectivity index (χ0v) is 10.2. The third-order valence-electron chi connectivity index (χ3n) is 2.99. The molecular weight excluding hydrogens is 198 g/mol. The molecule has 1 fully saturated rings. The molecule has 0 amide bonds. The Morgan fingerprint density at radius 3 is 2.56 bits per heavy atom. The molecule has 1 aliphatic rings. The van der Waals surface area contributed by atoms with Crippen molar-refractivity contribution in [3.05, 3.63) is 29.8 Å². The number of hydrogen-bond acceptors (Lipinski definition) is 2. The third-order valence-corrected chi connectivity index (χ3v) is 2.99. The van der Waals surface area contributed by atoms with Gasteiger partial charge in [0, 0.05) is 12.6 Å². The standard InChI is InChI=1S/C14H21NO/c1-3-13(10-15-12-6-7-12)16-14-8-4-11(2)5-9-14/h4-5,8-9,12-13,15H,3,6-7,10H2,1-2H3. The molecule has 2 rings (SSSR count). The molecule has 0 saturated heterocycles. The Morgan fingerprint density at radius 1 is 1.31 bits per heavy atom. The Labute approximate surface area is 98.0 Å². The fourth-order valence-corrected chi connectivity index (χ4v) is 1.66. The second-order valence-corrected chi connectivity index (χ2v) is 4.64. The van der Waals surface area contributed by atoms with Gasteiger partial charge in [0.1, 0.15) is 11.9 Å². The van der Waals surface area contributed by atoms with Crippen molar-refractivity contribution < 1.29 is 4.74 Å². The van der Waals surface area contributed by atoms with Gasteiger partial charge in [0.2, 0.25) is 0 Å². The monoisotopic (exact) mass is 219 g/mol. The van der Waals surface area contributed by atoms with Crippen LogP contribution in [0, 0.1) is 6.92 Å². The summed E-state index contributed by atoms with van der Waals surface area (Å²) in [5.41, 5.74) is 1.27. The summed E-state index contributed by atoms with van der Waals surface area (Å²) < 4.78 is 5.93. The van der Waals surface area contributed by atoms with Crippen LogP contribution in [0.5, 0.6) is 5.75 Å². The van der Waals surface area contributed by atoms with Crippen LogP contribution in [-0.2, 0) is 0 Å². The molecule has 0 radical (unpaired) electrons. The fraction of sp³-hybridized carbons (Fsp3) is 0.571. The predicted molar refractivity (Wildman–Crippen MR) is 66.9 cm³/mol. The Morgan fingerprint density at radius 2 is 2.00 bits per heavy atom. The highest BCUT2D eigenvalue weighted by Gasteiger charge is 2.21. The van der Waals surface area contributed by atoms with E-state index in [0.29, 0.717) is 6.10 Å². The van der Waals surface area contributed by atoms with Gasteiger partial charge in [-0.05, 0) is 38.3 Å². The van der Waals surface area contributed by atoms with Gasteiger partial charge < -0.3 is 10.1 Å². The van der Waals surface area contributed by atoms with Crippen molar-refractivity contribution >= 4 is 0 Å².